The summed E-state index contributed by atoms with van der Waals surface area (Å²) >= 11 is 11.9. The fraction of sp³-hybridized carbons (Fsp3) is 0.273. The van der Waals surface area contributed by atoms with Crippen molar-refractivity contribution in [2.45, 2.75) is 13.5 Å². The summed E-state index contributed by atoms with van der Waals surface area (Å²) in [4.78, 5) is 12.0. The minimum absolute atomic E-state index is 0.0257. The Morgan fingerprint density at radius 2 is 1.91 bits per heavy atom. The number of nitrogens with zero attached hydrogens (tertiary/aromatic N) is 3. The van der Waals surface area contributed by atoms with Gasteiger partial charge in [-0.3, -0.25) is 4.72 Å². The van der Waals surface area contributed by atoms with Crippen LogP contribution in [0.5, 0.6) is 0 Å². The summed E-state index contributed by atoms with van der Waals surface area (Å²) in [7, 11) is -3.70. The first kappa shape index (κ1) is 17.7. The van der Waals surface area contributed by atoms with Gasteiger partial charge in [-0.05, 0) is 19.1 Å². The molecule has 1 heterocycles. The number of benzene rings is 1. The number of aryl methyl sites for hydroxylation is 1. The Balaban J connectivity index is 2.70. The van der Waals surface area contributed by atoms with Crippen molar-refractivity contribution in [1.82, 2.24) is 14.3 Å². The molecule has 0 spiro atoms. The van der Waals surface area contributed by atoms with E-state index >= 15 is 0 Å². The highest BCUT2D eigenvalue weighted by Gasteiger charge is 2.22. The standard InChI is InChI=1S/C11H10Cl2F2N4O3S/c1-5-16-19(11(20)18(5)10(14)15)7-4-3-6(12)9(8(7)13)17-23(2,21)22/h3-4,10,17H,1-2H3. The summed E-state index contributed by atoms with van der Waals surface area (Å²) in [5.74, 6) is -0.228. The molecule has 0 atom stereocenters. The van der Waals surface area contributed by atoms with Gasteiger partial charge in [0.05, 0.1) is 27.7 Å². The molecule has 2 rings (SSSR count). The average molecular weight is 387 g/mol. The van der Waals surface area contributed by atoms with E-state index in [9.17, 15) is 22.0 Å². The van der Waals surface area contributed by atoms with Crippen LogP contribution in [0, 0.1) is 6.92 Å². The fourth-order valence-corrected chi connectivity index (χ4v) is 3.08. The van der Waals surface area contributed by atoms with Crippen LogP contribution in [0.4, 0.5) is 14.5 Å². The van der Waals surface area contributed by atoms with Crippen LogP contribution < -0.4 is 10.4 Å². The zero-order chi connectivity index (χ0) is 17.5. The van der Waals surface area contributed by atoms with Crippen LogP contribution in [0.25, 0.3) is 5.69 Å². The van der Waals surface area contributed by atoms with Crippen LogP contribution in [-0.2, 0) is 10.0 Å². The number of hydrogen-bond acceptors (Lipinski definition) is 4. The third-order valence-corrected chi connectivity index (χ3v) is 4.03. The minimum Gasteiger partial charge on any atom is -0.281 e. The lowest BCUT2D eigenvalue weighted by atomic mass is 10.3. The van der Waals surface area contributed by atoms with Crippen molar-refractivity contribution < 1.29 is 17.2 Å². The molecule has 126 valence electrons. The minimum atomic E-state index is -3.70. The number of halogens is 4. The lowest BCUT2D eigenvalue weighted by Gasteiger charge is -2.11. The van der Waals surface area contributed by atoms with Crippen molar-refractivity contribution in [2.24, 2.45) is 0 Å². The highest BCUT2D eigenvalue weighted by Crippen LogP contribution is 2.35. The van der Waals surface area contributed by atoms with Crippen LogP contribution >= 0.6 is 23.2 Å². The topological polar surface area (TPSA) is 86.0 Å². The van der Waals surface area contributed by atoms with E-state index in [0.29, 0.717) is 4.68 Å². The van der Waals surface area contributed by atoms with Crippen molar-refractivity contribution >= 4 is 38.9 Å². The van der Waals surface area contributed by atoms with Crippen LogP contribution in [0.3, 0.4) is 0 Å². The van der Waals surface area contributed by atoms with Crippen molar-refractivity contribution in [2.75, 3.05) is 11.0 Å². The fourth-order valence-electron chi connectivity index (χ4n) is 1.84. The Morgan fingerprint density at radius 3 is 2.39 bits per heavy atom. The van der Waals surface area contributed by atoms with Crippen LogP contribution in [0.2, 0.25) is 10.0 Å². The van der Waals surface area contributed by atoms with Gasteiger partial charge in [0.1, 0.15) is 5.82 Å². The van der Waals surface area contributed by atoms with Gasteiger partial charge >= 0.3 is 12.2 Å². The number of nitrogens with one attached hydrogen (secondary N) is 1. The van der Waals surface area contributed by atoms with Gasteiger partial charge < -0.3 is 0 Å². The molecule has 0 amide bonds. The first-order valence-corrected chi connectivity index (χ1v) is 8.60. The number of rotatable bonds is 4. The molecular weight excluding hydrogens is 377 g/mol. The van der Waals surface area contributed by atoms with E-state index in [2.05, 4.69) is 9.82 Å². The molecule has 0 aliphatic carbocycles. The van der Waals surface area contributed by atoms with Crippen LogP contribution in [0.1, 0.15) is 12.4 Å². The smallest absolute Gasteiger partial charge is 0.281 e. The zero-order valence-electron chi connectivity index (χ0n) is 11.7. The summed E-state index contributed by atoms with van der Waals surface area (Å²) in [6, 6.07) is 2.53. The van der Waals surface area contributed by atoms with Gasteiger partial charge in [0.25, 0.3) is 0 Å². The van der Waals surface area contributed by atoms with E-state index in [1.165, 1.54) is 19.1 Å². The lowest BCUT2D eigenvalue weighted by Crippen LogP contribution is -2.25. The Morgan fingerprint density at radius 1 is 1.30 bits per heavy atom. The molecule has 0 radical (unpaired) electrons. The maximum absolute atomic E-state index is 12.8. The molecule has 1 N–H and O–H groups in total. The van der Waals surface area contributed by atoms with E-state index in [0.717, 1.165) is 6.26 Å². The third-order valence-electron chi connectivity index (χ3n) is 2.76. The third kappa shape index (κ3) is 3.48. The molecule has 0 saturated heterocycles. The molecular formula is C11H10Cl2F2N4O3S. The second-order valence-electron chi connectivity index (χ2n) is 4.52. The van der Waals surface area contributed by atoms with Gasteiger partial charge in [-0.2, -0.15) is 13.5 Å². The van der Waals surface area contributed by atoms with E-state index in [-0.39, 0.29) is 31.8 Å². The number of alkyl halides is 2. The van der Waals surface area contributed by atoms with Crippen molar-refractivity contribution in [3.05, 3.63) is 38.5 Å². The first-order chi connectivity index (χ1) is 10.5. The van der Waals surface area contributed by atoms with Crippen molar-refractivity contribution in [3.63, 3.8) is 0 Å². The largest absolute Gasteiger partial charge is 0.355 e. The highest BCUT2D eigenvalue weighted by atomic mass is 35.5. The van der Waals surface area contributed by atoms with E-state index in [1.807, 2.05) is 0 Å². The number of sulfonamides is 1. The van der Waals surface area contributed by atoms with E-state index in [4.69, 9.17) is 23.2 Å². The number of aromatic nitrogens is 3. The van der Waals surface area contributed by atoms with Gasteiger partial charge in [0.15, 0.2) is 0 Å². The second-order valence-corrected chi connectivity index (χ2v) is 7.05. The van der Waals surface area contributed by atoms with E-state index in [1.54, 1.807) is 0 Å². The van der Waals surface area contributed by atoms with Crippen molar-refractivity contribution in [1.29, 1.82) is 0 Å². The maximum Gasteiger partial charge on any atom is 0.355 e. The summed E-state index contributed by atoms with van der Waals surface area (Å²) in [5, 5.41) is 3.44. The SMILES string of the molecule is Cc1nn(-c2ccc(Cl)c(NS(C)(=O)=O)c2Cl)c(=O)n1C(F)F. The normalized spacial score (nSPS) is 12.0. The Bertz CT molecular complexity index is 924. The monoisotopic (exact) mass is 386 g/mol. The Hall–Kier alpha value is -1.65. The highest BCUT2D eigenvalue weighted by molar-refractivity contribution is 7.92. The van der Waals surface area contributed by atoms with Gasteiger partial charge in [-0.1, -0.05) is 23.2 Å². The molecule has 0 saturated carbocycles. The molecule has 0 fully saturated rings. The molecule has 0 aliphatic heterocycles. The summed E-state index contributed by atoms with van der Waals surface area (Å²) < 4.78 is 51.3. The Labute approximate surface area is 139 Å². The molecule has 1 aromatic carbocycles. The van der Waals surface area contributed by atoms with Crippen LogP contribution in [0.15, 0.2) is 16.9 Å². The lowest BCUT2D eigenvalue weighted by molar-refractivity contribution is 0.0640. The molecule has 23 heavy (non-hydrogen) atoms. The van der Waals surface area contributed by atoms with Gasteiger partial charge in [0, 0.05) is 0 Å². The quantitative estimate of drug-likeness (QED) is 0.873. The molecule has 0 bridgehead atoms. The molecule has 7 nitrogen and oxygen atoms in total. The van der Waals surface area contributed by atoms with Gasteiger partial charge in [0.2, 0.25) is 10.0 Å². The number of anilines is 1. The second kappa shape index (κ2) is 6.10. The van der Waals surface area contributed by atoms with Crippen molar-refractivity contribution in [3.8, 4) is 5.69 Å². The predicted octanol–water partition coefficient (Wildman–Crippen LogP) is 2.42. The summed E-state index contributed by atoms with van der Waals surface area (Å²) in [6.07, 6.45) is 0.883. The first-order valence-electron chi connectivity index (χ1n) is 5.95. The Kier molecular flexibility index (Phi) is 4.69. The molecule has 12 heteroatoms. The van der Waals surface area contributed by atoms with Gasteiger partial charge in [-0.15, -0.1) is 5.10 Å². The van der Waals surface area contributed by atoms with Crippen LogP contribution in [-0.4, -0.2) is 29.0 Å². The zero-order valence-corrected chi connectivity index (χ0v) is 14.0. The van der Waals surface area contributed by atoms with E-state index < -0.39 is 22.3 Å². The number of hydrogen-bond donors (Lipinski definition) is 1. The molecule has 0 aliphatic rings. The maximum atomic E-state index is 12.8. The predicted molar refractivity (Wildman–Crippen MR) is 82.3 cm³/mol. The summed E-state index contributed by atoms with van der Waals surface area (Å²) in [5.41, 5.74) is -1.38. The summed E-state index contributed by atoms with van der Waals surface area (Å²) in [6.45, 7) is -1.85. The molecule has 1 aromatic heterocycles. The molecule has 2 aromatic rings. The average Bonchev–Trinajstić information content (AvgIpc) is 2.69. The van der Waals surface area contributed by atoms with Gasteiger partial charge in [-0.25, -0.2) is 17.8 Å². The molecule has 0 unspecified atom stereocenters.